The first kappa shape index (κ1) is 20.9. The second kappa shape index (κ2) is 8.29. The summed E-state index contributed by atoms with van der Waals surface area (Å²) >= 11 is 0. The molecule has 0 saturated carbocycles. The molecule has 152 valence electrons. The molecule has 2 aromatic rings. The van der Waals surface area contributed by atoms with E-state index in [1.807, 2.05) is 12.1 Å². The quantitative estimate of drug-likeness (QED) is 0.526. The molecule has 1 aliphatic rings. The van der Waals surface area contributed by atoms with Gasteiger partial charge >= 0.3 is 5.97 Å². The van der Waals surface area contributed by atoms with Gasteiger partial charge in [-0.1, -0.05) is 33.6 Å². The van der Waals surface area contributed by atoms with E-state index in [4.69, 9.17) is 9.47 Å². The van der Waals surface area contributed by atoms with Crippen molar-refractivity contribution in [3.63, 3.8) is 0 Å². The monoisotopic (exact) mass is 391 g/mol. The minimum absolute atomic E-state index is 0.0246. The maximum atomic E-state index is 11.7. The van der Waals surface area contributed by atoms with Gasteiger partial charge in [0.05, 0.1) is 12.2 Å². The lowest BCUT2D eigenvalue weighted by Crippen LogP contribution is -2.45. The van der Waals surface area contributed by atoms with E-state index in [1.165, 1.54) is 11.8 Å². The number of aromatic nitrogens is 1. The van der Waals surface area contributed by atoms with Gasteiger partial charge in [0.15, 0.2) is 0 Å². The van der Waals surface area contributed by atoms with Crippen LogP contribution in [-0.4, -0.2) is 23.2 Å². The highest BCUT2D eigenvalue weighted by Gasteiger charge is 2.42. The highest BCUT2D eigenvalue weighted by Crippen LogP contribution is 2.47. The number of hydrogen-bond acceptors (Lipinski definition) is 4. The lowest BCUT2D eigenvalue weighted by atomic mass is 9.70. The smallest absolute Gasteiger partial charge is 0.339 e. The van der Waals surface area contributed by atoms with Crippen molar-refractivity contribution in [2.45, 2.75) is 64.9 Å². The van der Waals surface area contributed by atoms with Gasteiger partial charge in [-0.05, 0) is 67.9 Å². The first-order valence-electron chi connectivity index (χ1n) is 10.3. The molecule has 0 bridgehead atoms. The molecular formula is C25H29NO3. The third-order valence-electron chi connectivity index (χ3n) is 5.70. The number of pyridine rings is 1. The van der Waals surface area contributed by atoms with Crippen molar-refractivity contribution in [3.05, 3.63) is 58.9 Å². The summed E-state index contributed by atoms with van der Waals surface area (Å²) in [6.07, 6.45) is 4.50. The Kier molecular flexibility index (Phi) is 5.98. The summed E-state index contributed by atoms with van der Waals surface area (Å²) in [6.45, 7) is 11.1. The molecule has 1 aromatic heterocycles. The molecule has 3 rings (SSSR count). The molecule has 4 nitrogen and oxygen atoms in total. The van der Waals surface area contributed by atoms with Crippen LogP contribution in [0.1, 0.15) is 81.1 Å². The van der Waals surface area contributed by atoms with Crippen LogP contribution < -0.4 is 4.74 Å². The van der Waals surface area contributed by atoms with Crippen LogP contribution in [0.2, 0.25) is 0 Å². The fourth-order valence-electron chi connectivity index (χ4n) is 3.98. The Hall–Kier alpha value is -2.80. The van der Waals surface area contributed by atoms with Crippen LogP contribution in [0.15, 0.2) is 36.5 Å². The molecule has 1 aliphatic heterocycles. The van der Waals surface area contributed by atoms with Crippen LogP contribution in [0.4, 0.5) is 0 Å². The Morgan fingerprint density at radius 1 is 1.14 bits per heavy atom. The summed E-state index contributed by atoms with van der Waals surface area (Å²) in [7, 11) is 0. The summed E-state index contributed by atoms with van der Waals surface area (Å²) in [5, 5.41) is 0. The van der Waals surface area contributed by atoms with Crippen LogP contribution in [0, 0.1) is 11.8 Å². The first-order chi connectivity index (χ1) is 13.8. The second-order valence-corrected chi connectivity index (χ2v) is 8.17. The maximum Gasteiger partial charge on any atom is 0.339 e. The third kappa shape index (κ3) is 4.45. The number of hydrogen-bond donors (Lipinski definition) is 0. The molecule has 0 saturated heterocycles. The van der Waals surface area contributed by atoms with E-state index in [0.29, 0.717) is 17.9 Å². The molecule has 0 aliphatic carbocycles. The SMILES string of the molecule is CCOC(=O)c1ccc(C#Cc2ccc3c(c2)C(C)(C)CC(CC)(CC)O3)nc1. The number of esters is 1. The third-order valence-corrected chi connectivity index (χ3v) is 5.70. The van der Waals surface area contributed by atoms with Crippen molar-refractivity contribution in [1.29, 1.82) is 0 Å². The van der Waals surface area contributed by atoms with Gasteiger partial charge in [-0.25, -0.2) is 9.78 Å². The summed E-state index contributed by atoms with van der Waals surface area (Å²) in [5.74, 6) is 6.86. The Bertz CT molecular complexity index is 944. The average molecular weight is 392 g/mol. The fourth-order valence-corrected chi connectivity index (χ4v) is 3.98. The average Bonchev–Trinajstić information content (AvgIpc) is 2.72. The van der Waals surface area contributed by atoms with Gasteiger partial charge in [-0.3, -0.25) is 0 Å². The van der Waals surface area contributed by atoms with E-state index >= 15 is 0 Å². The van der Waals surface area contributed by atoms with Gasteiger partial charge in [0, 0.05) is 17.3 Å². The van der Waals surface area contributed by atoms with Crippen LogP contribution in [0.25, 0.3) is 0 Å². The van der Waals surface area contributed by atoms with Gasteiger partial charge in [-0.15, -0.1) is 0 Å². The first-order valence-corrected chi connectivity index (χ1v) is 10.3. The zero-order valence-corrected chi connectivity index (χ0v) is 18.0. The summed E-state index contributed by atoms with van der Waals surface area (Å²) in [4.78, 5) is 16.0. The van der Waals surface area contributed by atoms with Crippen LogP contribution in [-0.2, 0) is 10.2 Å². The fraction of sp³-hybridized carbons (Fsp3) is 0.440. The highest BCUT2D eigenvalue weighted by molar-refractivity contribution is 5.89. The van der Waals surface area contributed by atoms with E-state index in [-0.39, 0.29) is 17.0 Å². The number of benzene rings is 1. The lowest BCUT2D eigenvalue weighted by Gasteiger charge is -2.45. The molecule has 4 heteroatoms. The molecule has 0 fully saturated rings. The van der Waals surface area contributed by atoms with Crippen LogP contribution >= 0.6 is 0 Å². The second-order valence-electron chi connectivity index (χ2n) is 8.17. The predicted octanol–water partition coefficient (Wildman–Crippen LogP) is 5.28. The summed E-state index contributed by atoms with van der Waals surface area (Å²) in [6, 6.07) is 9.59. The van der Waals surface area contributed by atoms with Gasteiger partial charge < -0.3 is 9.47 Å². The summed E-state index contributed by atoms with van der Waals surface area (Å²) in [5.41, 5.74) is 3.11. The number of carbonyl (C=O) groups is 1. The van der Waals surface area contributed by atoms with E-state index in [2.05, 4.69) is 50.6 Å². The molecule has 1 aromatic carbocycles. The Morgan fingerprint density at radius 2 is 1.90 bits per heavy atom. The molecule has 0 atom stereocenters. The van der Waals surface area contributed by atoms with Crippen molar-refractivity contribution in [3.8, 4) is 17.6 Å². The van der Waals surface area contributed by atoms with Crippen molar-refractivity contribution in [1.82, 2.24) is 4.98 Å². The van der Waals surface area contributed by atoms with Crippen molar-refractivity contribution in [2.24, 2.45) is 0 Å². The minimum atomic E-state index is -0.369. The minimum Gasteiger partial charge on any atom is -0.487 e. The number of ether oxygens (including phenoxy) is 2. The Morgan fingerprint density at radius 3 is 2.52 bits per heavy atom. The largest absolute Gasteiger partial charge is 0.487 e. The Labute approximate surface area is 173 Å². The molecule has 0 spiro atoms. The molecule has 2 heterocycles. The maximum absolute atomic E-state index is 11.7. The normalized spacial score (nSPS) is 16.0. The molecule has 29 heavy (non-hydrogen) atoms. The van der Waals surface area contributed by atoms with Crippen LogP contribution in [0.5, 0.6) is 5.75 Å². The lowest BCUT2D eigenvalue weighted by molar-refractivity contribution is 0.0117. The molecule has 0 radical (unpaired) electrons. The van der Waals surface area contributed by atoms with Crippen molar-refractivity contribution >= 4 is 5.97 Å². The number of nitrogens with zero attached hydrogens (tertiary/aromatic N) is 1. The number of fused-ring (bicyclic) bond motifs is 1. The van der Waals surface area contributed by atoms with E-state index in [1.54, 1.807) is 19.1 Å². The van der Waals surface area contributed by atoms with Crippen LogP contribution in [0.3, 0.4) is 0 Å². The van der Waals surface area contributed by atoms with E-state index in [9.17, 15) is 4.79 Å². The van der Waals surface area contributed by atoms with Gasteiger partial charge in [0.25, 0.3) is 0 Å². The Balaban J connectivity index is 1.84. The van der Waals surface area contributed by atoms with E-state index < -0.39 is 0 Å². The number of carbonyl (C=O) groups excluding carboxylic acids is 1. The van der Waals surface area contributed by atoms with Gasteiger partial charge in [0.2, 0.25) is 0 Å². The summed E-state index contributed by atoms with van der Waals surface area (Å²) < 4.78 is 11.4. The molecule has 0 N–H and O–H groups in total. The van der Waals surface area contributed by atoms with Gasteiger partial charge in [-0.2, -0.15) is 0 Å². The zero-order chi connectivity index (χ0) is 21.1. The molecule has 0 unspecified atom stereocenters. The number of rotatable bonds is 4. The van der Waals surface area contributed by atoms with Crippen molar-refractivity contribution in [2.75, 3.05) is 6.61 Å². The van der Waals surface area contributed by atoms with Gasteiger partial charge in [0.1, 0.15) is 17.0 Å². The highest BCUT2D eigenvalue weighted by atomic mass is 16.5. The van der Waals surface area contributed by atoms with E-state index in [0.717, 1.165) is 30.6 Å². The molecular weight excluding hydrogens is 362 g/mol. The molecule has 0 amide bonds. The standard InChI is InChI=1S/C25H29NO3/c1-6-25(7-2)17-24(4,5)21-15-18(10-14-22(21)29-25)9-12-20-13-11-19(16-26-20)23(27)28-8-3/h10-11,13-16H,6-8,17H2,1-5H3. The zero-order valence-electron chi connectivity index (χ0n) is 18.0. The van der Waals surface area contributed by atoms with Crippen molar-refractivity contribution < 1.29 is 14.3 Å². The predicted molar refractivity (Wildman–Crippen MR) is 114 cm³/mol. The topological polar surface area (TPSA) is 48.4 Å².